The van der Waals surface area contributed by atoms with Gasteiger partial charge in [0, 0.05) is 18.2 Å². The van der Waals surface area contributed by atoms with Crippen LogP contribution in [0.4, 0.5) is 26.3 Å². The predicted molar refractivity (Wildman–Crippen MR) is 126 cm³/mol. The number of nitrogens with zero attached hydrogens (tertiary/aromatic N) is 1. The van der Waals surface area contributed by atoms with Gasteiger partial charge >= 0.3 is 12.4 Å². The topological polar surface area (TPSA) is 42.0 Å². The highest BCUT2D eigenvalue weighted by Crippen LogP contribution is 2.37. The Kier molecular flexibility index (Phi) is 7.07. The summed E-state index contributed by atoms with van der Waals surface area (Å²) in [5.41, 5.74) is -2.44. The van der Waals surface area contributed by atoms with E-state index in [4.69, 9.17) is 0 Å². The summed E-state index contributed by atoms with van der Waals surface area (Å²) in [6.07, 6.45) is -7.75. The Labute approximate surface area is 208 Å². The highest BCUT2D eigenvalue weighted by atomic mass is 19.4. The number of hydrogen-bond donors (Lipinski definition) is 1. The number of nitrogens with one attached hydrogen (secondary N) is 1. The highest BCUT2D eigenvalue weighted by molar-refractivity contribution is 5.95. The standard InChI is InChI=1S/C28H20F6N2O/c29-27(30,31)21-14-12-20(13-15-21)25(37)36-26(24-11-4-5-16-35-24,18-19-7-2-1-3-8-19)22-9-6-10-23(17-22)28(32,33)34/h1-17H,18H2,(H,36,37). The van der Waals surface area contributed by atoms with Gasteiger partial charge in [0.2, 0.25) is 0 Å². The minimum Gasteiger partial charge on any atom is -0.337 e. The van der Waals surface area contributed by atoms with Crippen molar-refractivity contribution in [2.24, 2.45) is 0 Å². The number of pyridine rings is 1. The van der Waals surface area contributed by atoms with Gasteiger partial charge in [0.05, 0.1) is 16.8 Å². The Morgan fingerprint density at radius 1 is 0.676 bits per heavy atom. The second-order valence-corrected chi connectivity index (χ2v) is 8.39. The Balaban J connectivity index is 1.88. The van der Waals surface area contributed by atoms with Crippen molar-refractivity contribution >= 4 is 5.91 Å². The number of carbonyl (C=O) groups is 1. The Morgan fingerprint density at radius 2 is 1.30 bits per heavy atom. The molecule has 3 aromatic carbocycles. The Hall–Kier alpha value is -4.14. The predicted octanol–water partition coefficient (Wildman–Crippen LogP) is 7.04. The lowest BCUT2D eigenvalue weighted by molar-refractivity contribution is -0.138. The van der Waals surface area contributed by atoms with Gasteiger partial charge in [-0.1, -0.05) is 48.5 Å². The molecule has 1 atom stereocenters. The molecule has 9 heteroatoms. The molecular formula is C28H20F6N2O. The van der Waals surface area contributed by atoms with Crippen LogP contribution in [0.3, 0.4) is 0 Å². The zero-order valence-corrected chi connectivity index (χ0v) is 19.1. The summed E-state index contributed by atoms with van der Waals surface area (Å²) < 4.78 is 80.0. The van der Waals surface area contributed by atoms with Gasteiger partial charge in [-0.25, -0.2) is 0 Å². The Morgan fingerprint density at radius 3 is 1.89 bits per heavy atom. The van der Waals surface area contributed by atoms with Gasteiger partial charge < -0.3 is 5.32 Å². The van der Waals surface area contributed by atoms with Crippen LogP contribution in [0.1, 0.15) is 38.3 Å². The second kappa shape index (κ2) is 10.1. The van der Waals surface area contributed by atoms with Crippen LogP contribution in [-0.2, 0) is 24.3 Å². The van der Waals surface area contributed by atoms with Crippen molar-refractivity contribution in [2.75, 3.05) is 0 Å². The molecule has 0 radical (unpaired) electrons. The van der Waals surface area contributed by atoms with Crippen molar-refractivity contribution in [3.63, 3.8) is 0 Å². The summed E-state index contributed by atoms with van der Waals surface area (Å²) in [5.74, 6) is -0.771. The van der Waals surface area contributed by atoms with Gasteiger partial charge in [0.15, 0.2) is 0 Å². The molecule has 37 heavy (non-hydrogen) atoms. The molecule has 4 rings (SSSR count). The first-order chi connectivity index (χ1) is 17.5. The molecule has 0 bridgehead atoms. The third-order valence-corrected chi connectivity index (χ3v) is 5.90. The first-order valence-electron chi connectivity index (χ1n) is 11.1. The van der Waals surface area contributed by atoms with Gasteiger partial charge in [0.25, 0.3) is 5.91 Å². The monoisotopic (exact) mass is 514 g/mol. The molecule has 1 N–H and O–H groups in total. The number of carbonyl (C=O) groups excluding carboxylic acids is 1. The summed E-state index contributed by atoms with van der Waals surface area (Å²) in [4.78, 5) is 17.8. The maximum Gasteiger partial charge on any atom is 0.416 e. The van der Waals surface area contributed by atoms with E-state index in [9.17, 15) is 31.1 Å². The molecule has 0 saturated carbocycles. The van der Waals surface area contributed by atoms with E-state index < -0.39 is 34.9 Å². The number of aromatic nitrogens is 1. The minimum atomic E-state index is -4.64. The molecule has 1 aromatic heterocycles. The molecule has 3 nitrogen and oxygen atoms in total. The third-order valence-electron chi connectivity index (χ3n) is 5.90. The Bertz CT molecular complexity index is 1350. The SMILES string of the molecule is O=C(NC(Cc1ccccc1)(c1cccc(C(F)(F)F)c1)c1ccccn1)c1ccc(C(F)(F)F)cc1. The average molecular weight is 514 g/mol. The summed E-state index contributed by atoms with van der Waals surface area (Å²) in [6.45, 7) is 0. The molecule has 0 aliphatic rings. The molecule has 0 saturated heterocycles. The molecule has 0 aliphatic carbocycles. The number of benzene rings is 3. The molecule has 1 amide bonds. The largest absolute Gasteiger partial charge is 0.416 e. The minimum absolute atomic E-state index is 0.0263. The maximum atomic E-state index is 13.7. The van der Waals surface area contributed by atoms with E-state index in [-0.39, 0.29) is 23.2 Å². The fraction of sp³-hybridized carbons (Fsp3) is 0.143. The number of rotatable bonds is 6. The smallest absolute Gasteiger partial charge is 0.337 e. The molecule has 1 heterocycles. The normalized spacial score (nSPS) is 13.6. The zero-order chi connectivity index (χ0) is 26.7. The van der Waals surface area contributed by atoms with Crippen molar-refractivity contribution < 1.29 is 31.1 Å². The highest BCUT2D eigenvalue weighted by Gasteiger charge is 2.40. The fourth-order valence-electron chi connectivity index (χ4n) is 4.08. The van der Waals surface area contributed by atoms with E-state index in [1.54, 1.807) is 48.5 Å². The van der Waals surface area contributed by atoms with Gasteiger partial charge in [-0.05, 0) is 59.7 Å². The lowest BCUT2D eigenvalue weighted by Crippen LogP contribution is -2.49. The van der Waals surface area contributed by atoms with E-state index in [0.29, 0.717) is 5.56 Å². The lowest BCUT2D eigenvalue weighted by atomic mass is 9.79. The quantitative estimate of drug-likeness (QED) is 0.281. The van der Waals surface area contributed by atoms with Crippen molar-refractivity contribution in [2.45, 2.75) is 24.3 Å². The number of amides is 1. The molecule has 0 aliphatic heterocycles. The maximum absolute atomic E-state index is 13.7. The van der Waals surface area contributed by atoms with Crippen molar-refractivity contribution in [3.8, 4) is 0 Å². The summed E-state index contributed by atoms with van der Waals surface area (Å²) >= 11 is 0. The van der Waals surface area contributed by atoms with Crippen LogP contribution in [0.15, 0.2) is 103 Å². The van der Waals surface area contributed by atoms with Crippen LogP contribution in [-0.4, -0.2) is 10.9 Å². The van der Waals surface area contributed by atoms with Crippen molar-refractivity contribution in [1.82, 2.24) is 10.3 Å². The summed E-state index contributed by atoms with van der Waals surface area (Å²) in [6, 6.07) is 21.8. The van der Waals surface area contributed by atoms with Crippen LogP contribution in [0.2, 0.25) is 0 Å². The van der Waals surface area contributed by atoms with Gasteiger partial charge in [-0.15, -0.1) is 0 Å². The van der Waals surface area contributed by atoms with Gasteiger partial charge in [-0.3, -0.25) is 9.78 Å². The molecule has 0 fully saturated rings. The molecular weight excluding hydrogens is 494 g/mol. The van der Waals surface area contributed by atoms with Crippen LogP contribution in [0.5, 0.6) is 0 Å². The van der Waals surface area contributed by atoms with E-state index in [0.717, 1.165) is 36.4 Å². The van der Waals surface area contributed by atoms with Crippen molar-refractivity contribution in [1.29, 1.82) is 0 Å². The first-order valence-corrected chi connectivity index (χ1v) is 11.1. The van der Waals surface area contributed by atoms with Crippen LogP contribution < -0.4 is 5.32 Å². The molecule has 4 aromatic rings. The van der Waals surface area contributed by atoms with Crippen LogP contribution in [0, 0.1) is 0 Å². The van der Waals surface area contributed by atoms with Gasteiger partial charge in [0.1, 0.15) is 5.54 Å². The second-order valence-electron chi connectivity index (χ2n) is 8.39. The third kappa shape index (κ3) is 5.82. The lowest BCUT2D eigenvalue weighted by Gasteiger charge is -2.36. The van der Waals surface area contributed by atoms with E-state index in [1.807, 2.05) is 0 Å². The van der Waals surface area contributed by atoms with E-state index in [1.165, 1.54) is 18.3 Å². The molecule has 1 unspecified atom stereocenters. The van der Waals surface area contributed by atoms with Crippen LogP contribution in [0.25, 0.3) is 0 Å². The van der Waals surface area contributed by atoms with Gasteiger partial charge in [-0.2, -0.15) is 26.3 Å². The number of alkyl halides is 6. The molecule has 190 valence electrons. The summed E-state index contributed by atoms with van der Waals surface area (Å²) in [5, 5.41) is 2.81. The summed E-state index contributed by atoms with van der Waals surface area (Å²) in [7, 11) is 0. The average Bonchev–Trinajstić information content (AvgIpc) is 2.88. The fourth-order valence-corrected chi connectivity index (χ4v) is 4.08. The van der Waals surface area contributed by atoms with Crippen LogP contribution >= 0.6 is 0 Å². The van der Waals surface area contributed by atoms with E-state index in [2.05, 4.69) is 10.3 Å². The zero-order valence-electron chi connectivity index (χ0n) is 19.1. The van der Waals surface area contributed by atoms with E-state index >= 15 is 0 Å². The number of hydrogen-bond acceptors (Lipinski definition) is 2. The van der Waals surface area contributed by atoms with Crippen molar-refractivity contribution in [3.05, 3.63) is 137 Å². The number of halogens is 6. The first kappa shape index (κ1) is 25.9. The molecule has 0 spiro atoms.